The van der Waals surface area contributed by atoms with Gasteiger partial charge in [0.1, 0.15) is 6.61 Å². The topological polar surface area (TPSA) is 52.6 Å². The third kappa shape index (κ3) is 1.80. The summed E-state index contributed by atoms with van der Waals surface area (Å²) < 4.78 is 9.06. The minimum absolute atomic E-state index is 0.135. The Hall–Kier alpha value is -1.32. The second kappa shape index (κ2) is 3.18. The fourth-order valence-corrected chi connectivity index (χ4v) is 0.666. The highest BCUT2D eigenvalue weighted by molar-refractivity contribution is 5.89. The van der Waals surface area contributed by atoms with Crippen LogP contribution in [0, 0.1) is 0 Å². The van der Waals surface area contributed by atoms with Crippen LogP contribution in [0.1, 0.15) is 6.42 Å². The van der Waals surface area contributed by atoms with Crippen molar-refractivity contribution in [2.45, 2.75) is 12.5 Å². The van der Waals surface area contributed by atoms with Crippen LogP contribution in [0.25, 0.3) is 0 Å². The molecule has 1 fully saturated rings. The van der Waals surface area contributed by atoms with Gasteiger partial charge in [-0.15, -0.1) is 0 Å². The maximum atomic E-state index is 10.8. The van der Waals surface area contributed by atoms with Crippen molar-refractivity contribution in [2.75, 3.05) is 6.61 Å². The van der Waals surface area contributed by atoms with E-state index in [9.17, 15) is 9.59 Å². The number of rotatable bonds is 3. The standard InChI is InChI=1S/C7H8O4/c1-2-3-10-7(9)5-4-6(8)11-5/h2,5H,1,3-4H2/t5-/m1/s1. The van der Waals surface area contributed by atoms with Gasteiger partial charge in [-0.25, -0.2) is 4.79 Å². The van der Waals surface area contributed by atoms with E-state index in [0.717, 1.165) is 0 Å². The van der Waals surface area contributed by atoms with Gasteiger partial charge in [0, 0.05) is 0 Å². The van der Waals surface area contributed by atoms with Crippen LogP contribution in [0.3, 0.4) is 0 Å². The largest absolute Gasteiger partial charge is 0.459 e. The molecule has 0 aliphatic carbocycles. The summed E-state index contributed by atoms with van der Waals surface area (Å²) in [6.45, 7) is 3.53. The van der Waals surface area contributed by atoms with Crippen molar-refractivity contribution in [1.82, 2.24) is 0 Å². The Kier molecular flexibility index (Phi) is 2.25. The molecule has 0 N–H and O–H groups in total. The molecule has 1 heterocycles. The monoisotopic (exact) mass is 156 g/mol. The number of esters is 2. The van der Waals surface area contributed by atoms with Crippen LogP contribution < -0.4 is 0 Å². The molecule has 1 rings (SSSR count). The fourth-order valence-electron chi connectivity index (χ4n) is 0.666. The molecule has 0 aromatic heterocycles. The number of carbonyl (C=O) groups excluding carboxylic acids is 2. The first kappa shape index (κ1) is 7.78. The van der Waals surface area contributed by atoms with E-state index in [1.54, 1.807) is 0 Å². The van der Waals surface area contributed by atoms with Gasteiger partial charge >= 0.3 is 11.9 Å². The van der Waals surface area contributed by atoms with Gasteiger partial charge in [0.05, 0.1) is 6.42 Å². The summed E-state index contributed by atoms with van der Waals surface area (Å²) in [6, 6.07) is 0. The molecule has 0 unspecified atom stereocenters. The van der Waals surface area contributed by atoms with Crippen LogP contribution >= 0.6 is 0 Å². The molecule has 1 atom stereocenters. The van der Waals surface area contributed by atoms with E-state index in [2.05, 4.69) is 16.1 Å². The Labute approximate surface area is 63.8 Å². The van der Waals surface area contributed by atoms with Crippen molar-refractivity contribution in [3.8, 4) is 0 Å². The fraction of sp³-hybridized carbons (Fsp3) is 0.429. The molecule has 60 valence electrons. The Balaban J connectivity index is 2.21. The van der Waals surface area contributed by atoms with Crippen molar-refractivity contribution in [1.29, 1.82) is 0 Å². The molecule has 0 saturated carbocycles. The van der Waals surface area contributed by atoms with Gasteiger partial charge in [-0.3, -0.25) is 4.79 Å². The summed E-state index contributed by atoms with van der Waals surface area (Å²) in [4.78, 5) is 21.0. The lowest BCUT2D eigenvalue weighted by molar-refractivity contribution is -0.184. The molecule has 1 aliphatic heterocycles. The van der Waals surface area contributed by atoms with E-state index in [-0.39, 0.29) is 19.0 Å². The van der Waals surface area contributed by atoms with Crippen molar-refractivity contribution >= 4 is 11.9 Å². The third-order valence-electron chi connectivity index (χ3n) is 1.23. The Morgan fingerprint density at radius 1 is 1.91 bits per heavy atom. The van der Waals surface area contributed by atoms with E-state index in [1.165, 1.54) is 6.08 Å². The van der Waals surface area contributed by atoms with E-state index in [1.807, 2.05) is 0 Å². The van der Waals surface area contributed by atoms with Crippen molar-refractivity contribution in [3.63, 3.8) is 0 Å². The summed E-state index contributed by atoms with van der Waals surface area (Å²) >= 11 is 0. The van der Waals surface area contributed by atoms with Crippen LogP contribution in [0.15, 0.2) is 12.7 Å². The number of hydrogen-bond acceptors (Lipinski definition) is 4. The summed E-state index contributed by atoms with van der Waals surface area (Å²) in [5.41, 5.74) is 0. The lowest BCUT2D eigenvalue weighted by Gasteiger charge is -2.22. The maximum absolute atomic E-state index is 10.8. The molecule has 1 aliphatic rings. The minimum atomic E-state index is -0.678. The first-order chi connectivity index (χ1) is 5.24. The third-order valence-corrected chi connectivity index (χ3v) is 1.23. The Bertz CT molecular complexity index is 189. The highest BCUT2D eigenvalue weighted by Gasteiger charge is 2.36. The molecule has 11 heavy (non-hydrogen) atoms. The van der Waals surface area contributed by atoms with Crippen molar-refractivity contribution in [2.24, 2.45) is 0 Å². The average molecular weight is 156 g/mol. The van der Waals surface area contributed by atoms with Crippen molar-refractivity contribution < 1.29 is 19.1 Å². The van der Waals surface area contributed by atoms with E-state index in [4.69, 9.17) is 0 Å². The lowest BCUT2D eigenvalue weighted by atomic mass is 10.2. The molecule has 0 bridgehead atoms. The van der Waals surface area contributed by atoms with E-state index >= 15 is 0 Å². The average Bonchev–Trinajstić information content (AvgIpc) is 1.94. The van der Waals surface area contributed by atoms with E-state index in [0.29, 0.717) is 0 Å². The normalized spacial score (nSPS) is 21.5. The van der Waals surface area contributed by atoms with Crippen LogP contribution in [0.4, 0.5) is 0 Å². The molecular weight excluding hydrogens is 148 g/mol. The van der Waals surface area contributed by atoms with Gasteiger partial charge in [0.25, 0.3) is 0 Å². The second-order valence-corrected chi connectivity index (χ2v) is 2.10. The van der Waals surface area contributed by atoms with Crippen molar-refractivity contribution in [3.05, 3.63) is 12.7 Å². The quantitative estimate of drug-likeness (QED) is 0.427. The summed E-state index contributed by atoms with van der Waals surface area (Å²) in [5.74, 6) is -0.852. The van der Waals surface area contributed by atoms with Gasteiger partial charge in [-0.1, -0.05) is 12.7 Å². The predicted octanol–water partition coefficient (Wildman–Crippen LogP) is 0.0311. The summed E-state index contributed by atoms with van der Waals surface area (Å²) in [6.07, 6.45) is 0.913. The van der Waals surface area contributed by atoms with Crippen LogP contribution in [0.2, 0.25) is 0 Å². The van der Waals surface area contributed by atoms with Crippen LogP contribution in [0.5, 0.6) is 0 Å². The zero-order valence-corrected chi connectivity index (χ0v) is 5.91. The zero-order valence-electron chi connectivity index (χ0n) is 5.91. The molecule has 0 spiro atoms. The first-order valence-corrected chi connectivity index (χ1v) is 3.21. The minimum Gasteiger partial charge on any atom is -0.459 e. The van der Waals surface area contributed by atoms with Crippen LogP contribution in [-0.4, -0.2) is 24.6 Å². The molecule has 1 saturated heterocycles. The molecule has 0 radical (unpaired) electrons. The Morgan fingerprint density at radius 2 is 2.55 bits per heavy atom. The SMILES string of the molecule is C=CCOC(=O)[C@H]1CC(=O)O1. The highest BCUT2D eigenvalue weighted by Crippen LogP contribution is 2.14. The molecule has 0 amide bonds. The van der Waals surface area contributed by atoms with Gasteiger partial charge < -0.3 is 9.47 Å². The number of carbonyl (C=O) groups is 2. The van der Waals surface area contributed by atoms with Gasteiger partial charge in [0.2, 0.25) is 6.10 Å². The molecule has 4 nitrogen and oxygen atoms in total. The summed E-state index contributed by atoms with van der Waals surface area (Å²) in [7, 11) is 0. The first-order valence-electron chi connectivity index (χ1n) is 3.21. The smallest absolute Gasteiger partial charge is 0.348 e. The molecule has 4 heteroatoms. The van der Waals surface area contributed by atoms with Gasteiger partial charge in [0.15, 0.2) is 0 Å². The highest BCUT2D eigenvalue weighted by atomic mass is 16.6. The molecular formula is C7H8O4. The predicted molar refractivity (Wildman–Crippen MR) is 35.7 cm³/mol. The summed E-state index contributed by atoms with van der Waals surface area (Å²) in [5, 5.41) is 0. The maximum Gasteiger partial charge on any atom is 0.348 e. The molecule has 0 aromatic rings. The number of cyclic esters (lactones) is 1. The zero-order chi connectivity index (χ0) is 8.27. The second-order valence-electron chi connectivity index (χ2n) is 2.10. The van der Waals surface area contributed by atoms with Crippen LogP contribution in [-0.2, 0) is 19.1 Å². The lowest BCUT2D eigenvalue weighted by Crippen LogP contribution is -2.40. The molecule has 0 aromatic carbocycles. The number of hydrogen-bond donors (Lipinski definition) is 0. The van der Waals surface area contributed by atoms with Gasteiger partial charge in [-0.2, -0.15) is 0 Å². The van der Waals surface area contributed by atoms with Gasteiger partial charge in [-0.05, 0) is 0 Å². The number of ether oxygens (including phenoxy) is 2. The van der Waals surface area contributed by atoms with E-state index < -0.39 is 12.1 Å². The Morgan fingerprint density at radius 3 is 3.00 bits per heavy atom.